The first-order valence-corrected chi connectivity index (χ1v) is 6.82. The summed E-state index contributed by atoms with van der Waals surface area (Å²) in [6.45, 7) is 0. The van der Waals surface area contributed by atoms with Crippen LogP contribution in [0.5, 0.6) is 0 Å². The summed E-state index contributed by atoms with van der Waals surface area (Å²) in [5.74, 6) is 1.11. The molecule has 1 aromatic heterocycles. The summed E-state index contributed by atoms with van der Waals surface area (Å²) in [6, 6.07) is 6.27. The molecule has 4 heteroatoms. The number of fused-ring (bicyclic) bond motifs is 1. The zero-order chi connectivity index (χ0) is 13.4. The van der Waals surface area contributed by atoms with Gasteiger partial charge < -0.3 is 9.67 Å². The van der Waals surface area contributed by atoms with E-state index in [-0.39, 0.29) is 6.42 Å². The van der Waals surface area contributed by atoms with E-state index in [1.165, 1.54) is 24.2 Å². The monoisotopic (exact) mass is 258 g/mol. The molecule has 1 aliphatic carbocycles. The van der Waals surface area contributed by atoms with Crippen molar-refractivity contribution in [3.63, 3.8) is 0 Å². The number of aryl methyl sites for hydroxylation is 2. The van der Waals surface area contributed by atoms with Crippen molar-refractivity contribution in [1.29, 1.82) is 0 Å². The smallest absolute Gasteiger partial charge is 0.303 e. The molecule has 3 rings (SSSR count). The van der Waals surface area contributed by atoms with Crippen molar-refractivity contribution in [2.45, 2.75) is 38.0 Å². The zero-order valence-electron chi connectivity index (χ0n) is 11.1. The molecule has 19 heavy (non-hydrogen) atoms. The van der Waals surface area contributed by atoms with E-state index in [4.69, 9.17) is 10.1 Å². The third-order valence-corrected chi connectivity index (χ3v) is 3.78. The lowest BCUT2D eigenvalue weighted by Gasteiger charge is -2.02. The predicted octanol–water partition coefficient (Wildman–Crippen LogP) is 2.86. The van der Waals surface area contributed by atoms with Gasteiger partial charge in [-0.2, -0.15) is 0 Å². The third kappa shape index (κ3) is 2.48. The molecule has 1 saturated carbocycles. The maximum atomic E-state index is 10.5. The Bertz CT molecular complexity index is 626. The van der Waals surface area contributed by atoms with Gasteiger partial charge >= 0.3 is 5.97 Å². The molecule has 0 saturated heterocycles. The lowest BCUT2D eigenvalue weighted by atomic mass is 10.1. The normalized spacial score (nSPS) is 15.0. The number of hydrogen-bond donors (Lipinski definition) is 1. The van der Waals surface area contributed by atoms with E-state index in [9.17, 15) is 4.79 Å². The summed E-state index contributed by atoms with van der Waals surface area (Å²) in [6.07, 6.45) is 4.24. The highest BCUT2D eigenvalue weighted by atomic mass is 16.4. The summed E-state index contributed by atoms with van der Waals surface area (Å²) in [5.41, 5.74) is 3.40. The maximum Gasteiger partial charge on any atom is 0.303 e. The molecule has 4 nitrogen and oxygen atoms in total. The van der Waals surface area contributed by atoms with Crippen LogP contribution in [0, 0.1) is 0 Å². The van der Waals surface area contributed by atoms with Gasteiger partial charge in [0.2, 0.25) is 0 Å². The number of carboxylic acids is 1. The van der Waals surface area contributed by atoms with Crippen LogP contribution < -0.4 is 0 Å². The second-order valence-electron chi connectivity index (χ2n) is 5.37. The first-order valence-electron chi connectivity index (χ1n) is 6.82. The zero-order valence-corrected chi connectivity index (χ0v) is 11.1. The molecule has 0 aliphatic heterocycles. The third-order valence-electron chi connectivity index (χ3n) is 3.78. The van der Waals surface area contributed by atoms with Crippen molar-refractivity contribution in [1.82, 2.24) is 9.55 Å². The lowest BCUT2D eigenvalue weighted by Crippen LogP contribution is -1.97. The average Bonchev–Trinajstić information content (AvgIpc) is 3.16. The Balaban J connectivity index is 1.83. The molecule has 2 aromatic rings. The van der Waals surface area contributed by atoms with E-state index in [0.29, 0.717) is 12.3 Å². The van der Waals surface area contributed by atoms with Gasteiger partial charge in [0.25, 0.3) is 0 Å². The number of carboxylic acid groups (broad SMARTS) is 1. The van der Waals surface area contributed by atoms with Gasteiger partial charge in [0.05, 0.1) is 11.0 Å². The highest BCUT2D eigenvalue weighted by Crippen LogP contribution is 2.40. The quantitative estimate of drug-likeness (QED) is 0.897. The second-order valence-corrected chi connectivity index (χ2v) is 5.37. The van der Waals surface area contributed by atoms with Crippen molar-refractivity contribution >= 4 is 17.0 Å². The van der Waals surface area contributed by atoms with Crippen LogP contribution in [0.15, 0.2) is 18.2 Å². The topological polar surface area (TPSA) is 55.1 Å². The molecule has 1 aliphatic rings. The molecular weight excluding hydrogens is 240 g/mol. The Morgan fingerprint density at radius 3 is 2.95 bits per heavy atom. The Morgan fingerprint density at radius 1 is 1.47 bits per heavy atom. The van der Waals surface area contributed by atoms with Crippen LogP contribution in [0.25, 0.3) is 11.0 Å². The summed E-state index contributed by atoms with van der Waals surface area (Å²) in [4.78, 5) is 15.2. The second kappa shape index (κ2) is 4.68. The standard InChI is InChI=1S/C15H18N2O2/c1-17-13-9-10(3-2-4-14(18)19)5-8-12(13)16-15(17)11-6-7-11/h5,8-9,11H,2-4,6-7H2,1H3,(H,18,19). The molecule has 0 amide bonds. The fraction of sp³-hybridized carbons (Fsp3) is 0.467. The lowest BCUT2D eigenvalue weighted by molar-refractivity contribution is -0.137. The van der Waals surface area contributed by atoms with Gasteiger partial charge in [0.1, 0.15) is 5.82 Å². The molecule has 0 radical (unpaired) electrons. The highest BCUT2D eigenvalue weighted by Gasteiger charge is 2.28. The largest absolute Gasteiger partial charge is 0.481 e. The van der Waals surface area contributed by atoms with Crippen LogP contribution in [0.1, 0.15) is 43.0 Å². The van der Waals surface area contributed by atoms with Crippen LogP contribution in [-0.2, 0) is 18.3 Å². The van der Waals surface area contributed by atoms with E-state index in [1.54, 1.807) is 0 Å². The molecule has 1 aromatic carbocycles. The Hall–Kier alpha value is -1.84. The molecule has 1 fully saturated rings. The first-order chi connectivity index (χ1) is 9.15. The summed E-state index contributed by atoms with van der Waals surface area (Å²) < 4.78 is 2.19. The van der Waals surface area contributed by atoms with Gasteiger partial charge in [-0.3, -0.25) is 4.79 Å². The number of rotatable bonds is 5. The SMILES string of the molecule is Cn1c(C2CC2)nc2ccc(CCCC(=O)O)cc21. The van der Waals surface area contributed by atoms with Crippen molar-refractivity contribution in [3.8, 4) is 0 Å². The minimum Gasteiger partial charge on any atom is -0.481 e. The molecule has 100 valence electrons. The van der Waals surface area contributed by atoms with Gasteiger partial charge in [-0.1, -0.05) is 6.07 Å². The number of carbonyl (C=O) groups is 1. The van der Waals surface area contributed by atoms with Gasteiger partial charge in [-0.25, -0.2) is 4.98 Å². The number of hydrogen-bond acceptors (Lipinski definition) is 2. The predicted molar refractivity (Wildman–Crippen MR) is 73.3 cm³/mol. The molecule has 0 unspecified atom stereocenters. The summed E-state index contributed by atoms with van der Waals surface area (Å²) >= 11 is 0. The molecule has 0 spiro atoms. The fourth-order valence-corrected chi connectivity index (χ4v) is 2.56. The Kier molecular flexibility index (Phi) is 3.01. The average molecular weight is 258 g/mol. The van der Waals surface area contributed by atoms with Gasteiger partial charge in [-0.15, -0.1) is 0 Å². The van der Waals surface area contributed by atoms with Gasteiger partial charge in [0.15, 0.2) is 0 Å². The van der Waals surface area contributed by atoms with E-state index >= 15 is 0 Å². The van der Waals surface area contributed by atoms with E-state index in [2.05, 4.69) is 29.8 Å². The number of benzene rings is 1. The van der Waals surface area contributed by atoms with E-state index < -0.39 is 5.97 Å². The Labute approximate surface area is 112 Å². The van der Waals surface area contributed by atoms with Crippen molar-refractivity contribution in [3.05, 3.63) is 29.6 Å². The van der Waals surface area contributed by atoms with Crippen molar-refractivity contribution in [2.24, 2.45) is 7.05 Å². The first kappa shape index (κ1) is 12.2. The van der Waals surface area contributed by atoms with Crippen molar-refractivity contribution < 1.29 is 9.90 Å². The molecule has 0 atom stereocenters. The van der Waals surface area contributed by atoms with Gasteiger partial charge in [-0.05, 0) is 43.4 Å². The molecule has 1 heterocycles. The minimum absolute atomic E-state index is 0.233. The van der Waals surface area contributed by atoms with Crippen LogP contribution in [0.4, 0.5) is 0 Å². The number of aliphatic carboxylic acids is 1. The highest BCUT2D eigenvalue weighted by molar-refractivity contribution is 5.77. The van der Waals surface area contributed by atoms with Crippen LogP contribution in [0.2, 0.25) is 0 Å². The summed E-state index contributed by atoms with van der Waals surface area (Å²) in [7, 11) is 2.07. The van der Waals surface area contributed by atoms with Crippen LogP contribution in [-0.4, -0.2) is 20.6 Å². The maximum absolute atomic E-state index is 10.5. The molecule has 1 N–H and O–H groups in total. The molecule has 0 bridgehead atoms. The van der Waals surface area contributed by atoms with Crippen molar-refractivity contribution in [2.75, 3.05) is 0 Å². The van der Waals surface area contributed by atoms with E-state index in [1.807, 2.05) is 0 Å². The minimum atomic E-state index is -0.724. The number of imidazole rings is 1. The fourth-order valence-electron chi connectivity index (χ4n) is 2.56. The Morgan fingerprint density at radius 2 is 2.26 bits per heavy atom. The van der Waals surface area contributed by atoms with Crippen LogP contribution >= 0.6 is 0 Å². The van der Waals surface area contributed by atoms with Crippen LogP contribution in [0.3, 0.4) is 0 Å². The van der Waals surface area contributed by atoms with E-state index in [0.717, 1.165) is 17.5 Å². The summed E-state index contributed by atoms with van der Waals surface area (Å²) in [5, 5.41) is 8.66. The number of aromatic nitrogens is 2. The number of nitrogens with zero attached hydrogens (tertiary/aromatic N) is 2. The molecular formula is C15H18N2O2. The van der Waals surface area contributed by atoms with Gasteiger partial charge in [0, 0.05) is 19.4 Å².